The van der Waals surface area contributed by atoms with E-state index < -0.39 is 10.0 Å². The fourth-order valence-electron chi connectivity index (χ4n) is 3.82. The van der Waals surface area contributed by atoms with E-state index in [1.807, 2.05) is 0 Å². The smallest absolute Gasteiger partial charge is 0.240 e. The Bertz CT molecular complexity index is 718. The van der Waals surface area contributed by atoms with Crippen LogP contribution >= 0.6 is 0 Å². The Hall–Kier alpha value is -1.40. The maximum Gasteiger partial charge on any atom is 0.240 e. The lowest BCUT2D eigenvalue weighted by atomic mass is 9.69. The average Bonchev–Trinajstić information content (AvgIpc) is 2.67. The van der Waals surface area contributed by atoms with Gasteiger partial charge in [0, 0.05) is 12.5 Å². The molecule has 0 radical (unpaired) electrons. The molecule has 1 fully saturated rings. The van der Waals surface area contributed by atoms with Crippen LogP contribution in [0.2, 0.25) is 0 Å². The molecule has 1 aromatic carbocycles. The molecule has 0 aromatic heterocycles. The Morgan fingerprint density at radius 1 is 1.11 bits per heavy atom. The van der Waals surface area contributed by atoms with Crippen LogP contribution in [-0.2, 0) is 21.2 Å². The molecule has 0 saturated heterocycles. The van der Waals surface area contributed by atoms with Crippen molar-refractivity contribution in [2.45, 2.75) is 76.7 Å². The van der Waals surface area contributed by atoms with Gasteiger partial charge in [0.25, 0.3) is 0 Å². The van der Waals surface area contributed by atoms with Crippen LogP contribution in [0, 0.1) is 11.3 Å². The molecule has 152 valence electrons. The minimum absolute atomic E-state index is 0.0834. The van der Waals surface area contributed by atoms with Gasteiger partial charge in [-0.1, -0.05) is 39.3 Å². The van der Waals surface area contributed by atoms with Gasteiger partial charge in [0.1, 0.15) is 0 Å². The Morgan fingerprint density at radius 3 is 2.22 bits per heavy atom. The van der Waals surface area contributed by atoms with Gasteiger partial charge in [-0.05, 0) is 68.2 Å². The number of benzene rings is 1. The molecular formula is C21H34N2O3S. The fourth-order valence-corrected chi connectivity index (χ4v) is 4.55. The van der Waals surface area contributed by atoms with Gasteiger partial charge < -0.3 is 5.32 Å². The molecule has 1 aliphatic rings. The molecule has 0 atom stereocenters. The second-order valence-corrected chi connectivity index (χ2v) is 10.2. The van der Waals surface area contributed by atoms with Crippen molar-refractivity contribution in [3.8, 4) is 0 Å². The van der Waals surface area contributed by atoms with Crippen molar-refractivity contribution in [3.63, 3.8) is 0 Å². The standard InChI is InChI=1S/C21H34N2O3S/c1-5-21(2,3)17-9-11-18(12-10-17)23-20(24)15-8-16-6-13-19(14-7-16)27(25,26)22-4/h6-7,13-14,17-18,22H,5,8-12,15H2,1-4H3,(H,23,24). The molecule has 0 unspecified atom stereocenters. The van der Waals surface area contributed by atoms with Gasteiger partial charge in [-0.15, -0.1) is 0 Å². The van der Waals surface area contributed by atoms with E-state index in [1.54, 1.807) is 24.3 Å². The molecule has 5 nitrogen and oxygen atoms in total. The summed E-state index contributed by atoms with van der Waals surface area (Å²) in [6, 6.07) is 7.00. The van der Waals surface area contributed by atoms with Gasteiger partial charge in [-0.25, -0.2) is 13.1 Å². The van der Waals surface area contributed by atoms with E-state index in [0.29, 0.717) is 24.3 Å². The number of aryl methyl sites for hydroxylation is 1. The molecule has 1 amide bonds. The van der Waals surface area contributed by atoms with E-state index in [1.165, 1.54) is 26.3 Å². The van der Waals surface area contributed by atoms with Gasteiger partial charge >= 0.3 is 0 Å². The summed E-state index contributed by atoms with van der Waals surface area (Å²) in [7, 11) is -2.02. The zero-order chi connectivity index (χ0) is 20.1. The fraction of sp³-hybridized carbons (Fsp3) is 0.667. The van der Waals surface area contributed by atoms with E-state index in [4.69, 9.17) is 0 Å². The van der Waals surface area contributed by atoms with E-state index >= 15 is 0 Å². The summed E-state index contributed by atoms with van der Waals surface area (Å²) in [5.41, 5.74) is 1.36. The van der Waals surface area contributed by atoms with E-state index in [-0.39, 0.29) is 10.8 Å². The highest BCUT2D eigenvalue weighted by molar-refractivity contribution is 7.89. The van der Waals surface area contributed by atoms with Crippen LogP contribution in [0.4, 0.5) is 0 Å². The molecule has 1 aromatic rings. The molecule has 1 aliphatic carbocycles. The summed E-state index contributed by atoms with van der Waals surface area (Å²) in [4.78, 5) is 12.5. The number of sulfonamides is 1. The predicted molar refractivity (Wildman–Crippen MR) is 109 cm³/mol. The lowest BCUT2D eigenvalue weighted by Gasteiger charge is -2.39. The van der Waals surface area contributed by atoms with Crippen LogP contribution in [-0.4, -0.2) is 27.4 Å². The topological polar surface area (TPSA) is 75.3 Å². The summed E-state index contributed by atoms with van der Waals surface area (Å²) >= 11 is 0. The van der Waals surface area contributed by atoms with Crippen LogP contribution < -0.4 is 10.0 Å². The Balaban J connectivity index is 1.77. The molecule has 0 spiro atoms. The number of carbonyl (C=O) groups is 1. The van der Waals surface area contributed by atoms with Crippen molar-refractivity contribution >= 4 is 15.9 Å². The highest BCUT2D eigenvalue weighted by Gasteiger charge is 2.32. The molecule has 1 saturated carbocycles. The number of hydrogen-bond acceptors (Lipinski definition) is 3. The first-order valence-electron chi connectivity index (χ1n) is 10.00. The number of nitrogens with one attached hydrogen (secondary N) is 2. The summed E-state index contributed by atoms with van der Waals surface area (Å²) in [5.74, 6) is 0.836. The molecule has 0 bridgehead atoms. The van der Waals surface area contributed by atoms with Gasteiger partial charge in [-0.2, -0.15) is 0 Å². The normalized spacial score (nSPS) is 21.0. The summed E-state index contributed by atoms with van der Waals surface area (Å²) < 4.78 is 25.8. The van der Waals surface area contributed by atoms with Crippen molar-refractivity contribution in [3.05, 3.63) is 29.8 Å². The van der Waals surface area contributed by atoms with E-state index in [9.17, 15) is 13.2 Å². The SMILES string of the molecule is CCC(C)(C)C1CCC(NC(=O)CCc2ccc(S(=O)(=O)NC)cc2)CC1. The molecular weight excluding hydrogens is 360 g/mol. The molecule has 2 N–H and O–H groups in total. The summed E-state index contributed by atoms with van der Waals surface area (Å²) in [5, 5.41) is 3.18. The highest BCUT2D eigenvalue weighted by atomic mass is 32.2. The molecule has 0 heterocycles. The number of rotatable bonds is 8. The van der Waals surface area contributed by atoms with Crippen molar-refractivity contribution in [2.75, 3.05) is 7.05 Å². The zero-order valence-electron chi connectivity index (χ0n) is 17.0. The second-order valence-electron chi connectivity index (χ2n) is 8.31. The average molecular weight is 395 g/mol. The third kappa shape index (κ3) is 6.04. The quantitative estimate of drug-likeness (QED) is 0.707. The Kier molecular flexibility index (Phi) is 7.46. The monoisotopic (exact) mass is 394 g/mol. The number of carbonyl (C=O) groups excluding carboxylic acids is 1. The van der Waals surface area contributed by atoms with Gasteiger partial charge in [0.05, 0.1) is 4.90 Å². The third-order valence-corrected chi connectivity index (χ3v) is 7.68. The first-order valence-corrected chi connectivity index (χ1v) is 11.5. The van der Waals surface area contributed by atoms with Crippen LogP contribution in [0.1, 0.15) is 64.9 Å². The first-order chi connectivity index (χ1) is 12.7. The van der Waals surface area contributed by atoms with Gasteiger partial charge in [0.2, 0.25) is 15.9 Å². The highest BCUT2D eigenvalue weighted by Crippen LogP contribution is 2.40. The maximum absolute atomic E-state index is 12.3. The molecule has 27 heavy (non-hydrogen) atoms. The van der Waals surface area contributed by atoms with Crippen LogP contribution in [0.25, 0.3) is 0 Å². The van der Waals surface area contributed by atoms with Crippen molar-refractivity contribution in [1.82, 2.24) is 10.0 Å². The second kappa shape index (κ2) is 9.20. The van der Waals surface area contributed by atoms with Gasteiger partial charge in [-0.3, -0.25) is 4.79 Å². The van der Waals surface area contributed by atoms with Crippen LogP contribution in [0.3, 0.4) is 0 Å². The number of hydrogen-bond donors (Lipinski definition) is 2. The molecule has 2 rings (SSSR count). The van der Waals surface area contributed by atoms with Crippen molar-refractivity contribution in [1.29, 1.82) is 0 Å². The first kappa shape index (κ1) is 21.9. The van der Waals surface area contributed by atoms with Crippen molar-refractivity contribution < 1.29 is 13.2 Å². The Labute approximate surface area is 164 Å². The Morgan fingerprint density at radius 2 is 1.70 bits per heavy atom. The molecule has 0 aliphatic heterocycles. The maximum atomic E-state index is 12.3. The van der Waals surface area contributed by atoms with E-state index in [0.717, 1.165) is 24.3 Å². The van der Waals surface area contributed by atoms with Crippen LogP contribution in [0.5, 0.6) is 0 Å². The largest absolute Gasteiger partial charge is 0.353 e. The molecule has 6 heteroatoms. The minimum Gasteiger partial charge on any atom is -0.353 e. The van der Waals surface area contributed by atoms with Gasteiger partial charge in [0.15, 0.2) is 0 Å². The lowest BCUT2D eigenvalue weighted by Crippen LogP contribution is -2.40. The van der Waals surface area contributed by atoms with Crippen LogP contribution in [0.15, 0.2) is 29.2 Å². The van der Waals surface area contributed by atoms with E-state index in [2.05, 4.69) is 30.8 Å². The number of amides is 1. The lowest BCUT2D eigenvalue weighted by molar-refractivity contribution is -0.122. The predicted octanol–water partition coefficient (Wildman–Crippen LogP) is 3.64. The summed E-state index contributed by atoms with van der Waals surface area (Å²) in [6.45, 7) is 6.96. The minimum atomic E-state index is -3.41. The third-order valence-electron chi connectivity index (χ3n) is 6.25. The summed E-state index contributed by atoms with van der Waals surface area (Å²) in [6.07, 6.45) is 6.75. The van der Waals surface area contributed by atoms with Crippen molar-refractivity contribution in [2.24, 2.45) is 11.3 Å². The zero-order valence-corrected chi connectivity index (χ0v) is 17.9.